The van der Waals surface area contributed by atoms with Crippen LogP contribution in [0.15, 0.2) is 48.7 Å². The van der Waals surface area contributed by atoms with E-state index in [0.717, 1.165) is 30.4 Å². The van der Waals surface area contributed by atoms with E-state index >= 15 is 0 Å². The zero-order valence-corrected chi connectivity index (χ0v) is 13.6. The molecule has 0 radical (unpaired) electrons. The van der Waals surface area contributed by atoms with E-state index in [1.807, 2.05) is 42.5 Å². The second kappa shape index (κ2) is 7.27. The fraction of sp³-hybridized carbons (Fsp3) is 0.368. The van der Waals surface area contributed by atoms with Gasteiger partial charge in [-0.05, 0) is 30.4 Å². The Morgan fingerprint density at radius 3 is 2.78 bits per heavy atom. The first-order chi connectivity index (χ1) is 11.2. The first kappa shape index (κ1) is 15.5. The molecule has 0 saturated carbocycles. The molecule has 3 rings (SSSR count). The van der Waals surface area contributed by atoms with Gasteiger partial charge in [0.1, 0.15) is 6.20 Å². The number of piperidine rings is 1. The Bertz CT molecular complexity index is 639. The monoisotopic (exact) mass is 310 g/mol. The van der Waals surface area contributed by atoms with Crippen LogP contribution in [0.3, 0.4) is 0 Å². The number of nitrogens with one attached hydrogen (secondary N) is 2. The first-order valence-corrected chi connectivity index (χ1v) is 8.31. The van der Waals surface area contributed by atoms with E-state index in [-0.39, 0.29) is 5.91 Å². The molecule has 0 spiro atoms. The Hall–Kier alpha value is -2.36. The lowest BCUT2D eigenvalue weighted by Crippen LogP contribution is -2.38. The lowest BCUT2D eigenvalue weighted by Gasteiger charge is -2.25. The summed E-state index contributed by atoms with van der Waals surface area (Å²) in [7, 11) is 0. The average molecular weight is 310 g/mol. The van der Waals surface area contributed by atoms with Crippen LogP contribution in [0.2, 0.25) is 0 Å². The largest absolute Gasteiger partial charge is 0.348 e. The highest BCUT2D eigenvalue weighted by Gasteiger charge is 2.23. The second-order valence-corrected chi connectivity index (χ2v) is 6.32. The summed E-state index contributed by atoms with van der Waals surface area (Å²) in [5.74, 6) is 1.77. The Labute approximate surface area is 137 Å². The fourth-order valence-corrected chi connectivity index (χ4v) is 3.04. The molecular formula is C19H24N3O+. The topological polar surface area (TPSA) is 46.5 Å². The summed E-state index contributed by atoms with van der Waals surface area (Å²) in [5, 5.41) is 2.95. The van der Waals surface area contributed by atoms with Crippen molar-refractivity contribution in [3.05, 3.63) is 59.8 Å². The van der Waals surface area contributed by atoms with Crippen LogP contribution in [0.25, 0.3) is 0 Å². The van der Waals surface area contributed by atoms with Crippen LogP contribution in [-0.4, -0.2) is 19.0 Å². The van der Waals surface area contributed by atoms with E-state index in [0.29, 0.717) is 12.1 Å². The van der Waals surface area contributed by atoms with Crippen LogP contribution in [-0.2, 0) is 6.54 Å². The molecule has 1 aliphatic rings. The minimum Gasteiger partial charge on any atom is -0.348 e. The van der Waals surface area contributed by atoms with Gasteiger partial charge in [0.15, 0.2) is 0 Å². The Morgan fingerprint density at radius 1 is 1.26 bits per heavy atom. The van der Waals surface area contributed by atoms with Gasteiger partial charge in [-0.15, -0.1) is 0 Å². The first-order valence-electron chi connectivity index (χ1n) is 8.31. The summed E-state index contributed by atoms with van der Waals surface area (Å²) >= 11 is 0. The lowest BCUT2D eigenvalue weighted by molar-refractivity contribution is -0.364. The fourth-order valence-electron chi connectivity index (χ4n) is 3.04. The normalized spacial score (nSPS) is 17.8. The zero-order chi connectivity index (χ0) is 16.1. The number of carbonyl (C=O) groups excluding carboxylic acids is 1. The molecule has 120 valence electrons. The van der Waals surface area contributed by atoms with Crippen molar-refractivity contribution in [2.24, 2.45) is 5.92 Å². The highest BCUT2D eigenvalue weighted by Crippen LogP contribution is 2.19. The number of aromatic nitrogens is 1. The molecule has 1 saturated heterocycles. The molecule has 0 aliphatic carbocycles. The number of anilines is 1. The minimum absolute atomic E-state index is 0.0522. The third-order valence-electron chi connectivity index (χ3n) is 4.35. The van der Waals surface area contributed by atoms with Crippen LogP contribution >= 0.6 is 0 Å². The molecule has 1 atom stereocenters. The molecule has 0 bridgehead atoms. The predicted molar refractivity (Wildman–Crippen MR) is 91.2 cm³/mol. The number of nitrogens with zero attached hydrogens (tertiary/aromatic N) is 1. The molecule has 1 fully saturated rings. The third kappa shape index (κ3) is 4.09. The lowest BCUT2D eigenvalue weighted by atomic mass is 10.0. The van der Waals surface area contributed by atoms with Crippen LogP contribution < -0.4 is 15.2 Å². The van der Waals surface area contributed by atoms with Gasteiger partial charge in [0.05, 0.1) is 18.7 Å². The van der Waals surface area contributed by atoms with Gasteiger partial charge >= 0.3 is 0 Å². The third-order valence-corrected chi connectivity index (χ3v) is 4.35. The van der Waals surface area contributed by atoms with Gasteiger partial charge < -0.3 is 5.32 Å². The van der Waals surface area contributed by atoms with Crippen LogP contribution in [0.5, 0.6) is 0 Å². The average Bonchev–Trinajstić information content (AvgIpc) is 2.61. The maximum absolute atomic E-state index is 12.2. The molecule has 1 aliphatic heterocycles. The van der Waals surface area contributed by atoms with Crippen molar-refractivity contribution in [3.63, 3.8) is 0 Å². The number of H-pyrrole nitrogens is 1. The van der Waals surface area contributed by atoms with Gasteiger partial charge in [0.25, 0.3) is 11.7 Å². The van der Waals surface area contributed by atoms with E-state index in [9.17, 15) is 4.79 Å². The number of rotatable bonds is 4. The zero-order valence-electron chi connectivity index (χ0n) is 13.6. The number of aromatic amines is 1. The van der Waals surface area contributed by atoms with E-state index in [2.05, 4.69) is 22.1 Å². The second-order valence-electron chi connectivity index (χ2n) is 6.32. The molecule has 4 nitrogen and oxygen atoms in total. The summed E-state index contributed by atoms with van der Waals surface area (Å²) in [5.41, 5.74) is 1.76. The van der Waals surface area contributed by atoms with Gasteiger partial charge in [-0.25, -0.2) is 4.98 Å². The highest BCUT2D eigenvalue weighted by atomic mass is 16.1. The smallest absolute Gasteiger partial charge is 0.274 e. The number of pyridine rings is 1. The SMILES string of the molecule is C[C@@H]1CCCN(c2ccc(C(=O)NCc3ccccc3)c[nH+]2)C1. The number of hydrogen-bond donors (Lipinski definition) is 1. The summed E-state index contributed by atoms with van der Waals surface area (Å²) in [6.07, 6.45) is 4.33. The molecular weight excluding hydrogens is 286 g/mol. The van der Waals surface area contributed by atoms with E-state index in [1.165, 1.54) is 12.8 Å². The molecule has 2 heterocycles. The van der Waals surface area contributed by atoms with E-state index < -0.39 is 0 Å². The van der Waals surface area contributed by atoms with Gasteiger partial charge in [0, 0.05) is 12.6 Å². The van der Waals surface area contributed by atoms with Crippen LogP contribution in [0.4, 0.5) is 5.82 Å². The molecule has 1 aromatic heterocycles. The summed E-state index contributed by atoms with van der Waals surface area (Å²) in [6.45, 7) is 5.00. The van der Waals surface area contributed by atoms with Crippen LogP contribution in [0, 0.1) is 5.92 Å². The predicted octanol–water partition coefficient (Wildman–Crippen LogP) is 2.67. The van der Waals surface area contributed by atoms with Gasteiger partial charge in [-0.3, -0.25) is 9.69 Å². The van der Waals surface area contributed by atoms with Gasteiger partial charge in [-0.2, -0.15) is 0 Å². The molecule has 1 amide bonds. The number of benzene rings is 1. The Morgan fingerprint density at radius 2 is 2.09 bits per heavy atom. The maximum Gasteiger partial charge on any atom is 0.274 e. The summed E-state index contributed by atoms with van der Waals surface area (Å²) in [4.78, 5) is 17.8. The highest BCUT2D eigenvalue weighted by molar-refractivity contribution is 5.93. The van der Waals surface area contributed by atoms with Crippen molar-refractivity contribution in [1.82, 2.24) is 5.32 Å². The van der Waals surface area contributed by atoms with E-state index in [4.69, 9.17) is 0 Å². The maximum atomic E-state index is 12.2. The van der Waals surface area contributed by atoms with Crippen molar-refractivity contribution in [3.8, 4) is 0 Å². The van der Waals surface area contributed by atoms with Gasteiger partial charge in [0.2, 0.25) is 0 Å². The molecule has 0 unspecified atom stereocenters. The molecule has 2 aromatic rings. The van der Waals surface area contributed by atoms with E-state index in [1.54, 1.807) is 6.20 Å². The molecule has 23 heavy (non-hydrogen) atoms. The quantitative estimate of drug-likeness (QED) is 0.944. The van der Waals surface area contributed by atoms with Crippen molar-refractivity contribution >= 4 is 11.7 Å². The molecule has 2 N–H and O–H groups in total. The number of carbonyl (C=O) groups is 1. The summed E-state index contributed by atoms with van der Waals surface area (Å²) in [6, 6.07) is 13.8. The molecule has 4 heteroatoms. The Kier molecular flexibility index (Phi) is 4.91. The van der Waals surface area contributed by atoms with Crippen molar-refractivity contribution in [2.45, 2.75) is 26.3 Å². The van der Waals surface area contributed by atoms with Crippen molar-refractivity contribution in [2.75, 3.05) is 18.0 Å². The minimum atomic E-state index is -0.0522. The van der Waals surface area contributed by atoms with Crippen molar-refractivity contribution < 1.29 is 9.78 Å². The van der Waals surface area contributed by atoms with Crippen LogP contribution in [0.1, 0.15) is 35.7 Å². The van der Waals surface area contributed by atoms with Gasteiger partial charge in [-0.1, -0.05) is 37.3 Å². The number of hydrogen-bond acceptors (Lipinski definition) is 2. The number of amides is 1. The summed E-state index contributed by atoms with van der Waals surface area (Å²) < 4.78 is 0. The van der Waals surface area contributed by atoms with Crippen molar-refractivity contribution in [1.29, 1.82) is 0 Å². The Balaban J connectivity index is 1.59. The molecule has 1 aromatic carbocycles. The standard InChI is InChI=1S/C19H23N3O/c1-15-6-5-11-22(14-15)18-10-9-17(13-20-18)19(23)21-12-16-7-3-2-4-8-16/h2-4,7-10,13,15H,5-6,11-12,14H2,1H3,(H,21,23)/p+1/t15-/m1/s1.